The van der Waals surface area contributed by atoms with Gasteiger partial charge in [0.25, 0.3) is 0 Å². The quantitative estimate of drug-likeness (QED) is 0.871. The van der Waals surface area contributed by atoms with Crippen LogP contribution in [0.2, 0.25) is 0 Å². The highest BCUT2D eigenvalue weighted by Crippen LogP contribution is 2.08. The van der Waals surface area contributed by atoms with E-state index in [0.717, 1.165) is 26.2 Å². The molecule has 0 spiro atoms. The van der Waals surface area contributed by atoms with Gasteiger partial charge in [-0.05, 0) is 6.92 Å². The standard InChI is InChI=1S/C14H22N4O3/c1-3-14(20)18-8-6-17(7-9-18)5-4-13(19)15-12-10-11(2)21-16-12/h10H,3-9H2,1-2H3,(H,15,16,19). The Morgan fingerprint density at radius 3 is 2.62 bits per heavy atom. The van der Waals surface area contributed by atoms with E-state index in [9.17, 15) is 9.59 Å². The van der Waals surface area contributed by atoms with Gasteiger partial charge in [0, 0.05) is 51.6 Å². The molecule has 7 nitrogen and oxygen atoms in total. The zero-order valence-corrected chi connectivity index (χ0v) is 12.6. The first-order valence-electron chi connectivity index (χ1n) is 7.31. The highest BCUT2D eigenvalue weighted by atomic mass is 16.5. The van der Waals surface area contributed by atoms with Gasteiger partial charge < -0.3 is 14.7 Å². The number of nitrogens with one attached hydrogen (secondary N) is 1. The van der Waals surface area contributed by atoms with Crippen LogP contribution in [0, 0.1) is 6.92 Å². The molecule has 2 amide bonds. The van der Waals surface area contributed by atoms with Gasteiger partial charge in [-0.2, -0.15) is 0 Å². The molecule has 0 bridgehead atoms. The molecule has 1 aromatic heterocycles. The molecule has 0 aliphatic carbocycles. The second-order valence-electron chi connectivity index (χ2n) is 5.20. The van der Waals surface area contributed by atoms with Crippen molar-refractivity contribution in [2.75, 3.05) is 38.0 Å². The first kappa shape index (κ1) is 15.5. The number of amides is 2. The van der Waals surface area contributed by atoms with Gasteiger partial charge in [0.1, 0.15) is 5.76 Å². The lowest BCUT2D eigenvalue weighted by atomic mass is 10.2. The summed E-state index contributed by atoms with van der Waals surface area (Å²) in [6.07, 6.45) is 0.965. The van der Waals surface area contributed by atoms with Crippen molar-refractivity contribution in [3.05, 3.63) is 11.8 Å². The Balaban J connectivity index is 1.67. The van der Waals surface area contributed by atoms with Crippen LogP contribution in [-0.2, 0) is 9.59 Å². The second-order valence-corrected chi connectivity index (χ2v) is 5.20. The molecule has 2 rings (SSSR count). The number of nitrogens with zero attached hydrogens (tertiary/aromatic N) is 3. The van der Waals surface area contributed by atoms with Gasteiger partial charge in [-0.1, -0.05) is 12.1 Å². The van der Waals surface area contributed by atoms with E-state index < -0.39 is 0 Å². The summed E-state index contributed by atoms with van der Waals surface area (Å²) in [5.41, 5.74) is 0. The van der Waals surface area contributed by atoms with Crippen LogP contribution in [0.3, 0.4) is 0 Å². The van der Waals surface area contributed by atoms with Crippen LogP contribution in [0.5, 0.6) is 0 Å². The SMILES string of the molecule is CCC(=O)N1CCN(CCC(=O)Nc2cc(C)on2)CC1. The number of hydrogen-bond donors (Lipinski definition) is 1. The van der Waals surface area contributed by atoms with E-state index in [4.69, 9.17) is 4.52 Å². The number of rotatable bonds is 5. The van der Waals surface area contributed by atoms with Crippen LogP contribution in [-0.4, -0.2) is 59.5 Å². The van der Waals surface area contributed by atoms with Crippen LogP contribution in [0.1, 0.15) is 25.5 Å². The summed E-state index contributed by atoms with van der Waals surface area (Å²) in [4.78, 5) is 27.5. The molecule has 1 saturated heterocycles. The van der Waals surface area contributed by atoms with Crippen LogP contribution < -0.4 is 5.32 Å². The van der Waals surface area contributed by atoms with Crippen LogP contribution >= 0.6 is 0 Å². The highest BCUT2D eigenvalue weighted by molar-refractivity contribution is 5.89. The molecule has 0 aromatic carbocycles. The van der Waals surface area contributed by atoms with E-state index in [-0.39, 0.29) is 11.8 Å². The molecule has 1 aliphatic rings. The average molecular weight is 294 g/mol. The molecular formula is C14H22N4O3. The second kappa shape index (κ2) is 7.21. The molecule has 0 saturated carbocycles. The number of carbonyl (C=O) groups excluding carboxylic acids is 2. The van der Waals surface area contributed by atoms with Crippen molar-refractivity contribution in [2.45, 2.75) is 26.7 Å². The maximum atomic E-state index is 11.8. The maximum absolute atomic E-state index is 11.8. The van der Waals surface area contributed by atoms with Gasteiger partial charge in [0.15, 0.2) is 5.82 Å². The smallest absolute Gasteiger partial charge is 0.226 e. The van der Waals surface area contributed by atoms with Crippen LogP contribution in [0.25, 0.3) is 0 Å². The minimum Gasteiger partial charge on any atom is -0.360 e. The third-order valence-corrected chi connectivity index (χ3v) is 3.58. The lowest BCUT2D eigenvalue weighted by molar-refractivity contribution is -0.132. The first-order chi connectivity index (χ1) is 10.1. The number of aryl methyl sites for hydroxylation is 1. The number of carbonyl (C=O) groups is 2. The summed E-state index contributed by atoms with van der Waals surface area (Å²) in [7, 11) is 0. The predicted molar refractivity (Wildman–Crippen MR) is 77.8 cm³/mol. The molecule has 116 valence electrons. The molecule has 0 atom stereocenters. The Hall–Kier alpha value is -1.89. The van der Waals surface area contributed by atoms with E-state index in [2.05, 4.69) is 15.4 Å². The Labute approximate surface area is 124 Å². The lowest BCUT2D eigenvalue weighted by Gasteiger charge is -2.34. The van der Waals surface area contributed by atoms with Crippen molar-refractivity contribution in [3.63, 3.8) is 0 Å². The first-order valence-corrected chi connectivity index (χ1v) is 7.31. The van der Waals surface area contributed by atoms with Gasteiger partial charge in [-0.3, -0.25) is 14.5 Å². The largest absolute Gasteiger partial charge is 0.360 e. The molecule has 0 radical (unpaired) electrons. The van der Waals surface area contributed by atoms with Gasteiger partial charge >= 0.3 is 0 Å². The minimum atomic E-state index is -0.0737. The monoisotopic (exact) mass is 294 g/mol. The van der Waals surface area contributed by atoms with Gasteiger partial charge in [-0.25, -0.2) is 0 Å². The summed E-state index contributed by atoms with van der Waals surface area (Å²) in [5.74, 6) is 1.25. The molecular weight excluding hydrogens is 272 g/mol. The highest BCUT2D eigenvalue weighted by Gasteiger charge is 2.20. The molecule has 1 fully saturated rings. The van der Waals surface area contributed by atoms with Crippen molar-refractivity contribution < 1.29 is 14.1 Å². The maximum Gasteiger partial charge on any atom is 0.226 e. The summed E-state index contributed by atoms with van der Waals surface area (Å²) in [6.45, 7) is 7.49. The summed E-state index contributed by atoms with van der Waals surface area (Å²) < 4.78 is 4.89. The van der Waals surface area contributed by atoms with Gasteiger partial charge in [-0.15, -0.1) is 0 Å². The lowest BCUT2D eigenvalue weighted by Crippen LogP contribution is -2.49. The van der Waals surface area contributed by atoms with Gasteiger partial charge in [0.2, 0.25) is 11.8 Å². The zero-order chi connectivity index (χ0) is 15.2. The van der Waals surface area contributed by atoms with E-state index >= 15 is 0 Å². The summed E-state index contributed by atoms with van der Waals surface area (Å²) >= 11 is 0. The fraction of sp³-hybridized carbons (Fsp3) is 0.643. The summed E-state index contributed by atoms with van der Waals surface area (Å²) in [5, 5.41) is 6.43. The summed E-state index contributed by atoms with van der Waals surface area (Å²) in [6, 6.07) is 1.69. The third-order valence-electron chi connectivity index (χ3n) is 3.58. The Kier molecular flexibility index (Phi) is 5.32. The fourth-order valence-electron chi connectivity index (χ4n) is 2.33. The van der Waals surface area contributed by atoms with E-state index in [1.54, 1.807) is 13.0 Å². The van der Waals surface area contributed by atoms with Crippen molar-refractivity contribution in [1.29, 1.82) is 0 Å². The number of anilines is 1. The Morgan fingerprint density at radius 2 is 2.05 bits per heavy atom. The van der Waals surface area contributed by atoms with Crippen molar-refractivity contribution in [2.24, 2.45) is 0 Å². The van der Waals surface area contributed by atoms with Crippen LogP contribution in [0.15, 0.2) is 10.6 Å². The molecule has 1 N–H and O–H groups in total. The van der Waals surface area contributed by atoms with Crippen LogP contribution in [0.4, 0.5) is 5.82 Å². The Bertz CT molecular complexity index is 492. The van der Waals surface area contributed by atoms with E-state index in [0.29, 0.717) is 31.0 Å². The normalized spacial score (nSPS) is 16.0. The Morgan fingerprint density at radius 1 is 1.33 bits per heavy atom. The van der Waals surface area contributed by atoms with E-state index in [1.165, 1.54) is 0 Å². The number of hydrogen-bond acceptors (Lipinski definition) is 5. The number of piperazine rings is 1. The van der Waals surface area contributed by atoms with Crippen molar-refractivity contribution in [3.8, 4) is 0 Å². The third kappa shape index (κ3) is 4.56. The van der Waals surface area contributed by atoms with Crippen molar-refractivity contribution in [1.82, 2.24) is 15.0 Å². The molecule has 1 aromatic rings. The zero-order valence-electron chi connectivity index (χ0n) is 12.6. The van der Waals surface area contributed by atoms with Crippen molar-refractivity contribution >= 4 is 17.6 Å². The van der Waals surface area contributed by atoms with Gasteiger partial charge in [0.05, 0.1) is 0 Å². The topological polar surface area (TPSA) is 78.7 Å². The molecule has 7 heteroatoms. The molecule has 21 heavy (non-hydrogen) atoms. The minimum absolute atomic E-state index is 0.0737. The average Bonchev–Trinajstić information content (AvgIpc) is 2.90. The fourth-order valence-corrected chi connectivity index (χ4v) is 2.33. The molecule has 1 aliphatic heterocycles. The number of aromatic nitrogens is 1. The predicted octanol–water partition coefficient (Wildman–Crippen LogP) is 0.866. The molecule has 0 unspecified atom stereocenters. The van der Waals surface area contributed by atoms with E-state index in [1.807, 2.05) is 11.8 Å². The molecule has 2 heterocycles.